The van der Waals surface area contributed by atoms with Crippen molar-refractivity contribution in [3.05, 3.63) is 83.2 Å². The summed E-state index contributed by atoms with van der Waals surface area (Å²) in [5.74, 6) is -0.184. The summed E-state index contributed by atoms with van der Waals surface area (Å²) in [7, 11) is 0. The minimum Gasteiger partial charge on any atom is -0.207 e. The molecule has 1 aliphatic rings. The van der Waals surface area contributed by atoms with E-state index >= 15 is 0 Å². The van der Waals surface area contributed by atoms with Crippen LogP contribution in [-0.4, -0.2) is 0 Å². The van der Waals surface area contributed by atoms with Crippen molar-refractivity contribution in [3.63, 3.8) is 0 Å². The average molecular weight is 373 g/mol. The van der Waals surface area contributed by atoms with Crippen LogP contribution >= 0.6 is 0 Å². The second kappa shape index (κ2) is 8.73. The summed E-state index contributed by atoms with van der Waals surface area (Å²) in [5.41, 5.74) is 9.39. The molecule has 0 saturated heterocycles. The highest BCUT2D eigenvalue weighted by Gasteiger charge is 2.17. The zero-order valence-corrected chi connectivity index (χ0v) is 16.8. The molecule has 0 nitrogen and oxygen atoms in total. The lowest BCUT2D eigenvalue weighted by Crippen LogP contribution is -2.05. The third-order valence-electron chi connectivity index (χ3n) is 5.98. The quantitative estimate of drug-likeness (QED) is 0.372. The average Bonchev–Trinajstić information content (AvgIpc) is 2.73. The summed E-state index contributed by atoms with van der Waals surface area (Å²) in [5, 5.41) is 0. The van der Waals surface area contributed by atoms with Crippen LogP contribution in [0.25, 0.3) is 22.3 Å². The van der Waals surface area contributed by atoms with Crippen LogP contribution in [0.5, 0.6) is 0 Å². The molecule has 0 aromatic heterocycles. The topological polar surface area (TPSA) is 0 Å². The first-order valence-corrected chi connectivity index (χ1v) is 10.8. The number of fused-ring (bicyclic) bond motifs is 3. The van der Waals surface area contributed by atoms with Gasteiger partial charge >= 0.3 is 0 Å². The number of rotatable bonds is 7. The SMILES string of the molecule is CCCCCCCc1ccc2c(c1)CCc1cc(-c3ccc(F)cc3)ccc1-2. The lowest BCUT2D eigenvalue weighted by molar-refractivity contribution is 0.628. The minimum absolute atomic E-state index is 0.184. The van der Waals surface area contributed by atoms with Crippen LogP contribution in [-0.2, 0) is 19.3 Å². The molecule has 0 atom stereocenters. The molecule has 0 bridgehead atoms. The molecule has 0 fully saturated rings. The fraction of sp³-hybridized carbons (Fsp3) is 0.333. The lowest BCUT2D eigenvalue weighted by atomic mass is 9.83. The molecule has 0 radical (unpaired) electrons. The van der Waals surface area contributed by atoms with Gasteiger partial charge in [-0.15, -0.1) is 0 Å². The molecule has 0 amide bonds. The van der Waals surface area contributed by atoms with Crippen LogP contribution < -0.4 is 0 Å². The fourth-order valence-corrected chi connectivity index (χ4v) is 4.36. The fourth-order valence-electron chi connectivity index (χ4n) is 4.36. The summed E-state index contributed by atoms with van der Waals surface area (Å²) >= 11 is 0. The predicted octanol–water partition coefficient (Wildman–Crippen LogP) is 7.77. The Labute approximate surface area is 168 Å². The Bertz CT molecular complexity index is 937. The number of halogens is 1. The minimum atomic E-state index is -0.184. The van der Waals surface area contributed by atoms with Gasteiger partial charge in [0.05, 0.1) is 0 Å². The van der Waals surface area contributed by atoms with Gasteiger partial charge in [0.25, 0.3) is 0 Å². The van der Waals surface area contributed by atoms with Crippen LogP contribution in [0.3, 0.4) is 0 Å². The van der Waals surface area contributed by atoms with Crippen LogP contribution in [0.4, 0.5) is 4.39 Å². The van der Waals surface area contributed by atoms with Crippen LogP contribution in [0.1, 0.15) is 55.7 Å². The maximum absolute atomic E-state index is 13.2. The number of benzene rings is 3. The van der Waals surface area contributed by atoms with Gasteiger partial charge in [-0.2, -0.15) is 0 Å². The van der Waals surface area contributed by atoms with E-state index < -0.39 is 0 Å². The van der Waals surface area contributed by atoms with E-state index in [4.69, 9.17) is 0 Å². The largest absolute Gasteiger partial charge is 0.207 e. The third kappa shape index (κ3) is 4.19. The molecule has 0 aliphatic heterocycles. The Balaban J connectivity index is 1.52. The van der Waals surface area contributed by atoms with Gasteiger partial charge in [-0.1, -0.05) is 81.1 Å². The van der Waals surface area contributed by atoms with E-state index in [9.17, 15) is 4.39 Å². The van der Waals surface area contributed by atoms with Crippen molar-refractivity contribution in [2.45, 2.75) is 58.3 Å². The Morgan fingerprint density at radius 2 is 1.32 bits per heavy atom. The highest BCUT2D eigenvalue weighted by Crippen LogP contribution is 2.36. The Morgan fingerprint density at radius 3 is 2.07 bits per heavy atom. The molecule has 144 valence electrons. The standard InChI is InChI=1S/C27H29F/c1-2-3-4-5-6-7-20-8-16-26-23(18-20)9-10-24-19-22(13-17-27(24)26)21-11-14-25(28)15-12-21/h8,11-19H,2-7,9-10H2,1H3. The van der Waals surface area contributed by atoms with Gasteiger partial charge in [-0.05, 0) is 76.8 Å². The number of hydrogen-bond acceptors (Lipinski definition) is 0. The normalized spacial score (nSPS) is 12.5. The first-order chi connectivity index (χ1) is 13.7. The molecule has 3 aromatic rings. The van der Waals surface area contributed by atoms with Gasteiger partial charge in [0.1, 0.15) is 5.82 Å². The molecule has 0 unspecified atom stereocenters. The summed E-state index contributed by atoms with van der Waals surface area (Å²) in [6.07, 6.45) is 10.1. The van der Waals surface area contributed by atoms with Crippen molar-refractivity contribution in [2.75, 3.05) is 0 Å². The molecule has 3 aromatic carbocycles. The Kier molecular flexibility index (Phi) is 5.90. The number of aryl methyl sites for hydroxylation is 3. The highest BCUT2D eigenvalue weighted by molar-refractivity contribution is 5.77. The third-order valence-corrected chi connectivity index (χ3v) is 5.98. The van der Waals surface area contributed by atoms with E-state index in [0.717, 1.165) is 18.4 Å². The molecule has 0 spiro atoms. The smallest absolute Gasteiger partial charge is 0.123 e. The van der Waals surface area contributed by atoms with Crippen LogP contribution in [0.2, 0.25) is 0 Å². The summed E-state index contributed by atoms with van der Waals surface area (Å²) in [6.45, 7) is 2.27. The second-order valence-electron chi connectivity index (χ2n) is 8.03. The van der Waals surface area contributed by atoms with Crippen molar-refractivity contribution in [1.29, 1.82) is 0 Å². The van der Waals surface area contributed by atoms with Gasteiger partial charge in [0.15, 0.2) is 0 Å². The van der Waals surface area contributed by atoms with Crippen molar-refractivity contribution in [2.24, 2.45) is 0 Å². The number of unbranched alkanes of at least 4 members (excludes halogenated alkanes) is 4. The van der Waals surface area contributed by atoms with Gasteiger partial charge in [0.2, 0.25) is 0 Å². The zero-order valence-electron chi connectivity index (χ0n) is 16.8. The first kappa shape index (κ1) is 18.9. The summed E-state index contributed by atoms with van der Waals surface area (Å²) in [6, 6.07) is 20.6. The van der Waals surface area contributed by atoms with E-state index in [2.05, 4.69) is 43.3 Å². The Hall–Kier alpha value is -2.41. The molecule has 28 heavy (non-hydrogen) atoms. The van der Waals surface area contributed by atoms with Crippen molar-refractivity contribution in [3.8, 4) is 22.3 Å². The second-order valence-corrected chi connectivity index (χ2v) is 8.03. The summed E-state index contributed by atoms with van der Waals surface area (Å²) < 4.78 is 13.2. The van der Waals surface area contributed by atoms with E-state index in [-0.39, 0.29) is 5.82 Å². The summed E-state index contributed by atoms with van der Waals surface area (Å²) in [4.78, 5) is 0. The highest BCUT2D eigenvalue weighted by atomic mass is 19.1. The van der Waals surface area contributed by atoms with Crippen molar-refractivity contribution >= 4 is 0 Å². The molecular formula is C27H29F. The van der Waals surface area contributed by atoms with E-state index in [1.54, 1.807) is 0 Å². The molecule has 4 rings (SSSR count). The van der Waals surface area contributed by atoms with Gasteiger partial charge in [0, 0.05) is 0 Å². The van der Waals surface area contributed by atoms with E-state index in [1.165, 1.54) is 84.0 Å². The maximum atomic E-state index is 13.2. The first-order valence-electron chi connectivity index (χ1n) is 10.8. The molecule has 0 N–H and O–H groups in total. The molecule has 1 heteroatoms. The maximum Gasteiger partial charge on any atom is 0.123 e. The molecular weight excluding hydrogens is 343 g/mol. The predicted molar refractivity (Wildman–Crippen MR) is 117 cm³/mol. The number of hydrogen-bond donors (Lipinski definition) is 0. The lowest BCUT2D eigenvalue weighted by Gasteiger charge is -2.21. The van der Waals surface area contributed by atoms with E-state index in [0.29, 0.717) is 0 Å². The van der Waals surface area contributed by atoms with E-state index in [1.807, 2.05) is 12.1 Å². The zero-order chi connectivity index (χ0) is 19.3. The molecule has 0 heterocycles. The van der Waals surface area contributed by atoms with Gasteiger partial charge in [-0.3, -0.25) is 0 Å². The van der Waals surface area contributed by atoms with Crippen LogP contribution in [0, 0.1) is 5.82 Å². The van der Waals surface area contributed by atoms with Gasteiger partial charge < -0.3 is 0 Å². The van der Waals surface area contributed by atoms with Crippen LogP contribution in [0.15, 0.2) is 60.7 Å². The van der Waals surface area contributed by atoms with Gasteiger partial charge in [-0.25, -0.2) is 4.39 Å². The molecule has 1 aliphatic carbocycles. The monoisotopic (exact) mass is 372 g/mol. The Morgan fingerprint density at radius 1 is 0.679 bits per heavy atom. The van der Waals surface area contributed by atoms with Crippen molar-refractivity contribution < 1.29 is 4.39 Å². The van der Waals surface area contributed by atoms with Crippen molar-refractivity contribution in [1.82, 2.24) is 0 Å². The molecule has 0 saturated carbocycles.